The molecule has 1 aromatic rings. The smallest absolute Gasteiger partial charge is 0.322 e. The van der Waals surface area contributed by atoms with Crippen molar-refractivity contribution in [1.29, 1.82) is 0 Å². The molecule has 236 valence electrons. The molecule has 44 heavy (non-hydrogen) atoms. The van der Waals surface area contributed by atoms with E-state index < -0.39 is 22.0 Å². The number of nitrogens with zero attached hydrogens (tertiary/aromatic N) is 3. The monoisotopic (exact) mass is 644 g/mol. The van der Waals surface area contributed by atoms with Crippen molar-refractivity contribution in [3.8, 4) is 0 Å². The summed E-state index contributed by atoms with van der Waals surface area (Å²) in [5.41, 5.74) is 4.51. The van der Waals surface area contributed by atoms with Crippen molar-refractivity contribution < 1.29 is 42.3 Å². The Morgan fingerprint density at radius 2 is 1.91 bits per heavy atom. The van der Waals surface area contributed by atoms with Crippen LogP contribution in [0.1, 0.15) is 39.7 Å². The van der Waals surface area contributed by atoms with Crippen molar-refractivity contribution in [2.75, 3.05) is 32.7 Å². The maximum absolute atomic E-state index is 13.5. The lowest BCUT2D eigenvalue weighted by Crippen LogP contribution is -2.54. The molecule has 3 unspecified atom stereocenters. The molecule has 0 saturated carbocycles. The molecule has 1 aromatic carbocycles. The molecule has 3 atom stereocenters. The fourth-order valence-corrected chi connectivity index (χ4v) is 8.39. The van der Waals surface area contributed by atoms with E-state index in [0.29, 0.717) is 28.3 Å². The second-order valence-electron chi connectivity index (χ2n) is 10.6. The van der Waals surface area contributed by atoms with Gasteiger partial charge in [0.25, 0.3) is 0 Å². The minimum absolute atomic E-state index is 0.0829. The van der Waals surface area contributed by atoms with Gasteiger partial charge in [-0.15, -0.1) is 4.33 Å². The number of rotatable bonds is 12. The third-order valence-electron chi connectivity index (χ3n) is 8.53. The Bertz CT molecular complexity index is 1600. The molecular formula is C31H38N3O8S2+. The van der Waals surface area contributed by atoms with Crippen LogP contribution in [0.2, 0.25) is 0 Å². The number of carbonyl (C=O) groups is 1. The number of carboxylic acid groups (broad SMARTS) is 1. The lowest BCUT2D eigenvalue weighted by Gasteiger charge is -2.39. The molecular weight excluding hydrogens is 606 g/mol. The Morgan fingerprint density at radius 3 is 2.52 bits per heavy atom. The summed E-state index contributed by atoms with van der Waals surface area (Å²) in [5.74, 6) is -0.702. The highest BCUT2D eigenvalue weighted by Crippen LogP contribution is 2.47. The molecule has 0 spiro atoms. The summed E-state index contributed by atoms with van der Waals surface area (Å²) in [7, 11) is -4.11. The molecule has 2 aliphatic carbocycles. The minimum Gasteiger partial charge on any atom is -0.484 e. The number of fused-ring (bicyclic) bond motifs is 2. The summed E-state index contributed by atoms with van der Waals surface area (Å²) in [6.07, 6.45) is 12.3. The van der Waals surface area contributed by atoms with E-state index in [2.05, 4.69) is 60.4 Å². The van der Waals surface area contributed by atoms with Crippen molar-refractivity contribution in [1.82, 2.24) is 9.21 Å². The zero-order chi connectivity index (χ0) is 31.6. The number of ether oxygens (including phenoxy) is 1. The molecule has 5 rings (SSSR count). The van der Waals surface area contributed by atoms with Crippen LogP contribution >= 0.6 is 12.0 Å². The van der Waals surface area contributed by atoms with Crippen molar-refractivity contribution in [3.05, 3.63) is 77.2 Å². The van der Waals surface area contributed by atoms with Crippen molar-refractivity contribution in [3.63, 3.8) is 0 Å². The summed E-state index contributed by atoms with van der Waals surface area (Å²) >= 11 is 0.668. The standard InChI is InChI=1S/C31H37N3O8S2/c1-5-32(6-2)20-9-12-23-27(17-20)40-28-18-21(33(7-3)8-4)10-13-24(28)30(23)25-14-11-22(19-29(25)43-42-41-37)44(38,39)34-16-15-26(34)31(35)36/h9-14,17-19,23,26-27H,5-8,15-16H2,1-4H3,(H-,35,36,37)/p+1. The predicted molar refractivity (Wildman–Crippen MR) is 166 cm³/mol. The van der Waals surface area contributed by atoms with E-state index in [1.807, 2.05) is 18.2 Å². The number of benzene rings is 1. The van der Waals surface area contributed by atoms with Crippen LogP contribution in [-0.4, -0.2) is 89.1 Å². The number of hydrogen-bond acceptors (Lipinski definition) is 9. The van der Waals surface area contributed by atoms with E-state index in [1.54, 1.807) is 6.07 Å². The van der Waals surface area contributed by atoms with Gasteiger partial charge in [-0.25, -0.2) is 18.3 Å². The van der Waals surface area contributed by atoms with Gasteiger partial charge in [-0.3, -0.25) is 4.79 Å². The lowest BCUT2D eigenvalue weighted by molar-refractivity contribution is -0.519. The van der Waals surface area contributed by atoms with Crippen LogP contribution in [0.25, 0.3) is 5.57 Å². The average Bonchev–Trinajstić information content (AvgIpc) is 2.98. The summed E-state index contributed by atoms with van der Waals surface area (Å²) in [6.45, 7) is 11.9. The molecule has 0 aromatic heterocycles. The molecule has 0 bridgehead atoms. The van der Waals surface area contributed by atoms with E-state index >= 15 is 0 Å². The van der Waals surface area contributed by atoms with Crippen molar-refractivity contribution >= 4 is 39.3 Å². The lowest BCUT2D eigenvalue weighted by atomic mass is 9.78. The molecule has 2 heterocycles. The van der Waals surface area contributed by atoms with E-state index in [4.69, 9.17) is 14.3 Å². The number of sulfonamides is 1. The van der Waals surface area contributed by atoms with Gasteiger partial charge in [-0.05, 0) is 75.6 Å². The molecule has 1 saturated heterocycles. The quantitative estimate of drug-likeness (QED) is 0.146. The van der Waals surface area contributed by atoms with E-state index in [0.717, 1.165) is 53.0 Å². The highest BCUT2D eigenvalue weighted by Gasteiger charge is 2.44. The van der Waals surface area contributed by atoms with E-state index in [-0.39, 0.29) is 29.9 Å². The summed E-state index contributed by atoms with van der Waals surface area (Å²) in [4.78, 5) is 14.1. The van der Waals surface area contributed by atoms with Gasteiger partial charge >= 0.3 is 5.97 Å². The fraction of sp³-hybridized carbons (Fsp3) is 0.419. The molecule has 0 radical (unpaired) electrons. The normalized spacial score (nSPS) is 22.8. The number of carboxylic acids is 1. The van der Waals surface area contributed by atoms with Gasteiger partial charge in [0.05, 0.1) is 23.0 Å². The fourth-order valence-electron chi connectivity index (χ4n) is 6.11. The Labute approximate surface area is 262 Å². The third-order valence-corrected chi connectivity index (χ3v) is 11.1. The van der Waals surface area contributed by atoms with Gasteiger partial charge in [0, 0.05) is 47.8 Å². The number of allylic oxidation sites excluding steroid dienone is 4. The molecule has 2 aliphatic heterocycles. The van der Waals surface area contributed by atoms with Gasteiger partial charge in [0.15, 0.2) is 0 Å². The molecule has 13 heteroatoms. The Kier molecular flexibility index (Phi) is 9.83. The van der Waals surface area contributed by atoms with Gasteiger partial charge in [-0.1, -0.05) is 17.2 Å². The first-order chi connectivity index (χ1) is 21.2. The minimum atomic E-state index is -4.11. The zero-order valence-electron chi connectivity index (χ0n) is 25.2. The van der Waals surface area contributed by atoms with Gasteiger partial charge < -0.3 is 14.7 Å². The summed E-state index contributed by atoms with van der Waals surface area (Å²) < 4.78 is 41.6. The molecule has 2 N–H and O–H groups in total. The molecule has 1 fully saturated rings. The van der Waals surface area contributed by atoms with Crippen LogP contribution in [0.15, 0.2) is 81.5 Å². The number of likely N-dealkylation sites (N-methyl/N-ethyl adjacent to an activating group) is 1. The van der Waals surface area contributed by atoms with Crippen LogP contribution < -0.4 is 0 Å². The van der Waals surface area contributed by atoms with Crippen LogP contribution in [0.3, 0.4) is 0 Å². The van der Waals surface area contributed by atoms with Crippen molar-refractivity contribution in [2.45, 2.75) is 56.1 Å². The van der Waals surface area contributed by atoms with E-state index in [9.17, 15) is 18.3 Å². The van der Waals surface area contributed by atoms with Crippen LogP contribution in [0.5, 0.6) is 0 Å². The SMILES string of the molecule is CCN(CC)C1=CC2OC3=CC(=[N+](CC)CC)C=CC3=C(c3ccc(S(=O)(=O)N4CCC4C(=O)O)cc3SOOO)C2C=C1. The Balaban J connectivity index is 1.66. The first-order valence-electron chi connectivity index (χ1n) is 14.8. The van der Waals surface area contributed by atoms with E-state index in [1.165, 1.54) is 12.1 Å². The van der Waals surface area contributed by atoms with Crippen LogP contribution in [0.4, 0.5) is 0 Å². The summed E-state index contributed by atoms with van der Waals surface area (Å²) in [6, 6.07) is 3.50. The van der Waals surface area contributed by atoms with Crippen LogP contribution in [0, 0.1) is 5.92 Å². The first kappa shape index (κ1) is 32.2. The molecule has 4 aliphatic rings. The second-order valence-corrected chi connectivity index (χ2v) is 13.3. The summed E-state index contributed by atoms with van der Waals surface area (Å²) in [5, 5.41) is 22.4. The maximum Gasteiger partial charge on any atom is 0.322 e. The Morgan fingerprint density at radius 1 is 1.16 bits per heavy atom. The Hall–Kier alpha value is -3.20. The largest absolute Gasteiger partial charge is 0.484 e. The van der Waals surface area contributed by atoms with Gasteiger partial charge in [0.1, 0.15) is 31.0 Å². The maximum atomic E-state index is 13.5. The highest BCUT2D eigenvalue weighted by molar-refractivity contribution is 7.94. The topological polar surface area (TPSA) is 129 Å². The zero-order valence-corrected chi connectivity index (χ0v) is 26.8. The molecule has 0 amide bonds. The van der Waals surface area contributed by atoms with Crippen LogP contribution in [-0.2, 0) is 28.9 Å². The number of aliphatic carboxylic acids is 1. The first-order valence-corrected chi connectivity index (χ1v) is 17.0. The highest BCUT2D eigenvalue weighted by atomic mass is 32.2. The predicted octanol–water partition coefficient (Wildman–Crippen LogP) is 4.47. The number of hydrogen-bond donors (Lipinski definition) is 2. The second kappa shape index (κ2) is 13.4. The molecule has 11 nitrogen and oxygen atoms in total. The van der Waals surface area contributed by atoms with Crippen molar-refractivity contribution in [2.24, 2.45) is 5.92 Å². The van der Waals surface area contributed by atoms with Gasteiger partial charge in [0.2, 0.25) is 15.7 Å². The van der Waals surface area contributed by atoms with Gasteiger partial charge in [-0.2, -0.15) is 4.31 Å². The average molecular weight is 645 g/mol. The third kappa shape index (κ3) is 5.92.